The second-order valence-electron chi connectivity index (χ2n) is 3.04. The predicted molar refractivity (Wildman–Crippen MR) is 59.7 cm³/mol. The fourth-order valence-electron chi connectivity index (χ4n) is 1.14. The molecule has 0 saturated carbocycles. The van der Waals surface area contributed by atoms with Crippen LogP contribution >= 0.6 is 0 Å². The summed E-state index contributed by atoms with van der Waals surface area (Å²) in [5, 5.41) is 0. The summed E-state index contributed by atoms with van der Waals surface area (Å²) in [5.74, 6) is -0.490. The van der Waals surface area contributed by atoms with Gasteiger partial charge in [-0.05, 0) is 31.2 Å². The molecule has 94 valence electrons. The van der Waals surface area contributed by atoms with E-state index in [0.717, 1.165) is 0 Å². The molecule has 0 radical (unpaired) electrons. The van der Waals surface area contributed by atoms with Crippen molar-refractivity contribution in [2.45, 2.75) is 11.8 Å². The van der Waals surface area contributed by atoms with Gasteiger partial charge in [0.2, 0.25) is 0 Å². The van der Waals surface area contributed by atoms with E-state index in [0.29, 0.717) is 5.56 Å². The lowest BCUT2D eigenvalue weighted by molar-refractivity contribution is 0.0526. The molecule has 1 N–H and O–H groups in total. The molecule has 0 aliphatic carbocycles. The van der Waals surface area contributed by atoms with Gasteiger partial charge in [-0.25, -0.2) is 13.2 Å². The fraction of sp³-hybridized carbons (Fsp3) is 0.300. The second kappa shape index (κ2) is 5.76. The zero-order valence-corrected chi connectivity index (χ0v) is 10.3. The molecule has 1 rings (SSSR count). The molecule has 0 saturated heterocycles. The zero-order chi connectivity index (χ0) is 12.9. The molecule has 0 spiro atoms. The highest BCUT2D eigenvalue weighted by Crippen LogP contribution is 2.11. The summed E-state index contributed by atoms with van der Waals surface area (Å²) < 4.78 is 27.7. The molecule has 0 aliphatic heterocycles. The summed E-state index contributed by atoms with van der Waals surface area (Å²) in [5.41, 5.74) is 0.295. The Hall–Kier alpha value is -1.44. The molecule has 0 amide bonds. The van der Waals surface area contributed by atoms with Crippen LogP contribution in [-0.4, -0.2) is 28.1 Å². The summed E-state index contributed by atoms with van der Waals surface area (Å²) in [4.78, 5) is 17.5. The second-order valence-corrected chi connectivity index (χ2v) is 4.68. The van der Waals surface area contributed by atoms with Gasteiger partial charge in [0.1, 0.15) is 0 Å². The maximum Gasteiger partial charge on any atom is 0.338 e. The van der Waals surface area contributed by atoms with Crippen LogP contribution in [0.5, 0.6) is 0 Å². The average molecular weight is 259 g/mol. The Labute approximate surface area is 99.5 Å². The first-order valence-corrected chi connectivity index (χ1v) is 6.31. The molecule has 17 heavy (non-hydrogen) atoms. The Morgan fingerprint density at radius 2 is 1.88 bits per heavy atom. The van der Waals surface area contributed by atoms with Crippen molar-refractivity contribution in [1.29, 1.82) is 0 Å². The first-order chi connectivity index (χ1) is 8.01. The molecule has 0 atom stereocenters. The van der Waals surface area contributed by atoms with E-state index in [1.807, 2.05) is 4.89 Å². The van der Waals surface area contributed by atoms with Crippen LogP contribution in [0.2, 0.25) is 0 Å². The maximum atomic E-state index is 11.5. The summed E-state index contributed by atoms with van der Waals surface area (Å²) in [7, 11) is -2.49. The van der Waals surface area contributed by atoms with Gasteiger partial charge in [0.15, 0.2) is 0 Å². The van der Waals surface area contributed by atoms with Crippen molar-refractivity contribution in [2.75, 3.05) is 13.7 Å². The van der Waals surface area contributed by atoms with Crippen molar-refractivity contribution in [2.24, 2.45) is 0 Å². The fourth-order valence-corrected chi connectivity index (χ4v) is 1.95. The average Bonchev–Trinajstić information content (AvgIpc) is 2.29. The summed E-state index contributed by atoms with van der Waals surface area (Å²) in [6.45, 7) is 1.96. The normalized spacial score (nSPS) is 11.2. The van der Waals surface area contributed by atoms with E-state index < -0.39 is 16.0 Å². The van der Waals surface area contributed by atoms with E-state index in [9.17, 15) is 13.2 Å². The minimum Gasteiger partial charge on any atom is -0.462 e. The Morgan fingerprint density at radius 3 is 2.35 bits per heavy atom. The number of nitrogens with one attached hydrogen (secondary N) is 1. The lowest BCUT2D eigenvalue weighted by Crippen LogP contribution is -2.22. The Morgan fingerprint density at radius 1 is 1.29 bits per heavy atom. The highest BCUT2D eigenvalue weighted by molar-refractivity contribution is 7.89. The van der Waals surface area contributed by atoms with Crippen LogP contribution < -0.4 is 4.89 Å². The highest BCUT2D eigenvalue weighted by atomic mass is 32.2. The standard InChI is InChI=1S/C10H13NO5S/c1-3-16-10(12)8-4-6-9(7-5-8)17(13,14)11-15-2/h4-7,11H,3H2,1-2H3. The van der Waals surface area contributed by atoms with Gasteiger partial charge < -0.3 is 4.74 Å². The van der Waals surface area contributed by atoms with Gasteiger partial charge in [0, 0.05) is 0 Å². The Balaban J connectivity index is 2.92. The molecule has 0 fully saturated rings. The Bertz CT molecular complexity index is 480. The zero-order valence-electron chi connectivity index (χ0n) is 9.47. The number of benzene rings is 1. The van der Waals surface area contributed by atoms with Crippen molar-refractivity contribution >= 4 is 16.0 Å². The number of carbonyl (C=O) groups excluding carboxylic acids is 1. The van der Waals surface area contributed by atoms with Crippen LogP contribution in [0, 0.1) is 0 Å². The van der Waals surface area contributed by atoms with E-state index in [1.54, 1.807) is 6.92 Å². The lowest BCUT2D eigenvalue weighted by atomic mass is 10.2. The molecule has 6 nitrogen and oxygen atoms in total. The van der Waals surface area contributed by atoms with Crippen LogP contribution in [0.3, 0.4) is 0 Å². The van der Waals surface area contributed by atoms with Crippen LogP contribution in [0.25, 0.3) is 0 Å². The van der Waals surface area contributed by atoms with Crippen LogP contribution in [0.1, 0.15) is 17.3 Å². The maximum absolute atomic E-state index is 11.5. The van der Waals surface area contributed by atoms with Crippen LogP contribution in [0.15, 0.2) is 29.2 Å². The molecule has 1 aromatic carbocycles. The van der Waals surface area contributed by atoms with Crippen LogP contribution in [0.4, 0.5) is 0 Å². The molecule has 0 aromatic heterocycles. The molecule has 0 aliphatic rings. The van der Waals surface area contributed by atoms with Gasteiger partial charge in [-0.15, -0.1) is 0 Å². The molecule has 0 bridgehead atoms. The minimum atomic E-state index is -3.69. The summed E-state index contributed by atoms with van der Waals surface area (Å²) in [6.07, 6.45) is 0. The predicted octanol–water partition coefficient (Wildman–Crippen LogP) is 0.703. The van der Waals surface area contributed by atoms with Crippen molar-refractivity contribution in [3.63, 3.8) is 0 Å². The highest BCUT2D eigenvalue weighted by Gasteiger charge is 2.14. The van der Waals surface area contributed by atoms with Crippen LogP contribution in [-0.2, 0) is 19.6 Å². The molecule has 0 heterocycles. The van der Waals surface area contributed by atoms with E-state index in [2.05, 4.69) is 4.84 Å². The molecule has 7 heteroatoms. The van der Waals surface area contributed by atoms with E-state index in [4.69, 9.17) is 4.74 Å². The van der Waals surface area contributed by atoms with Gasteiger partial charge in [-0.2, -0.15) is 0 Å². The summed E-state index contributed by atoms with van der Waals surface area (Å²) >= 11 is 0. The largest absolute Gasteiger partial charge is 0.462 e. The van der Waals surface area contributed by atoms with Crippen molar-refractivity contribution in [3.05, 3.63) is 29.8 Å². The number of sulfonamides is 1. The van der Waals surface area contributed by atoms with Crippen molar-refractivity contribution in [3.8, 4) is 0 Å². The number of hydrogen-bond acceptors (Lipinski definition) is 5. The molecular weight excluding hydrogens is 246 g/mol. The monoisotopic (exact) mass is 259 g/mol. The van der Waals surface area contributed by atoms with Gasteiger partial charge in [-0.1, -0.05) is 4.89 Å². The van der Waals surface area contributed by atoms with E-state index in [-0.39, 0.29) is 11.5 Å². The molecule has 1 aromatic rings. The first-order valence-electron chi connectivity index (χ1n) is 4.83. The van der Waals surface area contributed by atoms with Crippen molar-refractivity contribution in [1.82, 2.24) is 4.89 Å². The molecular formula is C10H13NO5S. The van der Waals surface area contributed by atoms with E-state index in [1.165, 1.54) is 31.4 Å². The van der Waals surface area contributed by atoms with Gasteiger partial charge in [-0.3, -0.25) is 4.84 Å². The summed E-state index contributed by atoms with van der Waals surface area (Å²) in [6, 6.07) is 5.35. The Kier molecular flexibility index (Phi) is 4.62. The number of carbonyl (C=O) groups is 1. The minimum absolute atomic E-state index is 0.00685. The third-order valence-electron chi connectivity index (χ3n) is 1.87. The lowest BCUT2D eigenvalue weighted by Gasteiger charge is -2.05. The number of hydrogen-bond donors (Lipinski definition) is 1. The number of ether oxygens (including phenoxy) is 1. The quantitative estimate of drug-likeness (QED) is 0.622. The van der Waals surface area contributed by atoms with Gasteiger partial charge >= 0.3 is 5.97 Å². The van der Waals surface area contributed by atoms with E-state index >= 15 is 0 Å². The third kappa shape index (κ3) is 3.52. The first kappa shape index (κ1) is 13.6. The third-order valence-corrected chi connectivity index (χ3v) is 3.15. The SMILES string of the molecule is CCOC(=O)c1ccc(S(=O)(=O)NOC)cc1. The molecule has 0 unspecified atom stereocenters. The van der Waals surface area contributed by atoms with Gasteiger partial charge in [0.05, 0.1) is 24.2 Å². The number of esters is 1. The topological polar surface area (TPSA) is 81.7 Å². The number of rotatable bonds is 5. The smallest absolute Gasteiger partial charge is 0.338 e. The van der Waals surface area contributed by atoms with Gasteiger partial charge in [0.25, 0.3) is 10.0 Å². The van der Waals surface area contributed by atoms with Crippen molar-refractivity contribution < 1.29 is 22.8 Å².